The number of aliphatic hydroxyl groups is 1. The maximum absolute atomic E-state index is 7.57. The fourth-order valence-electron chi connectivity index (χ4n) is 0. The van der Waals surface area contributed by atoms with Gasteiger partial charge in [-0.25, -0.2) is 0 Å². The van der Waals surface area contributed by atoms with Crippen LogP contribution >= 0.6 is 12.4 Å². The van der Waals surface area contributed by atoms with Gasteiger partial charge in [0.05, 0.1) is 6.07 Å². The van der Waals surface area contributed by atoms with Gasteiger partial charge < -0.3 is 5.11 Å². The average Bonchev–Trinajstić information content (AvgIpc) is 1.39. The summed E-state index contributed by atoms with van der Waals surface area (Å²) in [6.07, 6.45) is 0. The molecule has 0 spiro atoms. The topological polar surface area (TPSA) is 44.0 Å². The zero-order valence-corrected chi connectivity index (χ0v) is 5.33. The minimum Gasteiger partial charge on any atom is -0.397 e. The number of halogens is 1. The van der Waals surface area contributed by atoms with E-state index in [0.717, 1.165) is 0 Å². The first-order valence-corrected chi connectivity index (χ1v) is 1.75. The fraction of sp³-hybridized carbons (Fsp3) is 0.750. The van der Waals surface area contributed by atoms with Crippen molar-refractivity contribution in [2.24, 2.45) is 0 Å². The van der Waals surface area contributed by atoms with Gasteiger partial charge in [0.1, 0.15) is 0 Å². The Bertz CT molecular complexity index is 41.4. The van der Waals surface area contributed by atoms with Crippen LogP contribution in [0.25, 0.3) is 0 Å². The molecule has 2 nitrogen and oxygen atoms in total. The van der Waals surface area contributed by atoms with E-state index in [1.165, 1.54) is 6.92 Å². The van der Waals surface area contributed by atoms with Gasteiger partial charge in [-0.3, -0.25) is 0 Å². The largest absolute Gasteiger partial charge is 0.397 e. The molecule has 0 fully saturated rings. The molecule has 44 valence electrons. The van der Waals surface area contributed by atoms with Crippen molar-refractivity contribution in [3.63, 3.8) is 0 Å². The molecule has 0 aliphatic rings. The van der Waals surface area contributed by atoms with E-state index in [1.807, 2.05) is 0 Å². The van der Waals surface area contributed by atoms with Crippen molar-refractivity contribution < 1.29 is 5.11 Å². The molecule has 0 aromatic rings. The summed E-state index contributed by atoms with van der Waals surface area (Å²) in [4.78, 5) is 0. The van der Waals surface area contributed by atoms with Gasteiger partial charge in [-0.2, -0.15) is 5.26 Å². The zero-order valence-electron chi connectivity index (χ0n) is 4.51. The van der Waals surface area contributed by atoms with Crippen LogP contribution in [0.5, 0.6) is 0 Å². The second-order valence-electron chi connectivity index (χ2n) is 0.540. The molecule has 7 heavy (non-hydrogen) atoms. The summed E-state index contributed by atoms with van der Waals surface area (Å²) in [6, 6.07) is 1.75. The molecule has 0 amide bonds. The van der Waals surface area contributed by atoms with Crippen LogP contribution in [0.15, 0.2) is 0 Å². The van der Waals surface area contributed by atoms with Gasteiger partial charge in [-0.05, 0) is 6.92 Å². The second-order valence-corrected chi connectivity index (χ2v) is 0.540. The van der Waals surface area contributed by atoms with E-state index in [0.29, 0.717) is 0 Å². The molecule has 0 rings (SSSR count). The molecule has 0 atom stereocenters. The first kappa shape index (κ1) is 15.9. The van der Waals surface area contributed by atoms with Crippen LogP contribution in [-0.4, -0.2) is 11.7 Å². The summed E-state index contributed by atoms with van der Waals surface area (Å²) in [5.74, 6) is 0. The predicted octanol–water partition coefficient (Wildman–Crippen LogP) is 0.950. The third-order valence-electron chi connectivity index (χ3n) is 0. The van der Waals surface area contributed by atoms with Crippen LogP contribution in [0, 0.1) is 11.3 Å². The minimum absolute atomic E-state index is 0. The summed E-state index contributed by atoms with van der Waals surface area (Å²) < 4.78 is 0. The maximum atomic E-state index is 7.57. The number of hydrogen-bond acceptors (Lipinski definition) is 2. The molecular formula is C4H10ClNO. The Morgan fingerprint density at radius 2 is 1.71 bits per heavy atom. The SMILES string of the molecule is CC#N.CCO.Cl. The van der Waals surface area contributed by atoms with Crippen molar-refractivity contribution in [1.29, 1.82) is 5.26 Å². The molecule has 0 bridgehead atoms. The average molecular weight is 124 g/mol. The monoisotopic (exact) mass is 123 g/mol. The highest BCUT2D eigenvalue weighted by Crippen LogP contribution is 1.30. The highest BCUT2D eigenvalue weighted by Gasteiger charge is 1.34. The first-order valence-electron chi connectivity index (χ1n) is 1.75. The van der Waals surface area contributed by atoms with Crippen LogP contribution in [0.1, 0.15) is 13.8 Å². The number of rotatable bonds is 0. The molecule has 1 N–H and O–H groups in total. The lowest BCUT2D eigenvalue weighted by atomic mass is 10.9. The summed E-state index contributed by atoms with van der Waals surface area (Å²) >= 11 is 0. The van der Waals surface area contributed by atoms with E-state index >= 15 is 0 Å². The van der Waals surface area contributed by atoms with Crippen LogP contribution in [-0.2, 0) is 0 Å². The van der Waals surface area contributed by atoms with Gasteiger partial charge >= 0.3 is 0 Å². The molecule has 0 unspecified atom stereocenters. The maximum Gasteiger partial charge on any atom is 0.0587 e. The standard InChI is InChI=1S/C2H3N.C2H6O.ClH/c2*1-2-3;/h1H3;3H,2H2,1H3;1H. The summed E-state index contributed by atoms with van der Waals surface area (Å²) in [6.45, 7) is 3.36. The molecule has 0 saturated carbocycles. The van der Waals surface area contributed by atoms with E-state index in [4.69, 9.17) is 10.4 Å². The van der Waals surface area contributed by atoms with Gasteiger partial charge in [0.2, 0.25) is 0 Å². The van der Waals surface area contributed by atoms with Crippen LogP contribution in [0.2, 0.25) is 0 Å². The quantitative estimate of drug-likeness (QED) is 0.521. The lowest BCUT2D eigenvalue weighted by Crippen LogP contribution is -1.57. The van der Waals surface area contributed by atoms with Gasteiger partial charge in [-0.1, -0.05) is 0 Å². The Morgan fingerprint density at radius 1 is 1.71 bits per heavy atom. The second kappa shape index (κ2) is 42.6. The summed E-state index contributed by atoms with van der Waals surface area (Å²) in [5, 5.41) is 14.9. The molecule has 0 radical (unpaired) electrons. The van der Waals surface area contributed by atoms with Gasteiger partial charge in [0.25, 0.3) is 0 Å². The van der Waals surface area contributed by atoms with Gasteiger partial charge in [-0.15, -0.1) is 12.4 Å². The molecular weight excluding hydrogens is 114 g/mol. The van der Waals surface area contributed by atoms with Crippen molar-refractivity contribution in [2.45, 2.75) is 13.8 Å². The Balaban J connectivity index is -0.0000000400. The Hall–Kier alpha value is -0.260. The number of aliphatic hydroxyl groups excluding tert-OH is 1. The van der Waals surface area contributed by atoms with Crippen molar-refractivity contribution >= 4 is 12.4 Å². The summed E-state index contributed by atoms with van der Waals surface area (Å²) in [7, 11) is 0. The van der Waals surface area contributed by atoms with Crippen LogP contribution in [0.4, 0.5) is 0 Å². The van der Waals surface area contributed by atoms with Crippen LogP contribution < -0.4 is 0 Å². The normalized spacial score (nSPS) is 3.71. The number of nitriles is 1. The highest BCUT2D eigenvalue weighted by molar-refractivity contribution is 5.85. The third-order valence-corrected chi connectivity index (χ3v) is 0. The van der Waals surface area contributed by atoms with Crippen LogP contribution in [0.3, 0.4) is 0 Å². The third kappa shape index (κ3) is 1190. The lowest BCUT2D eigenvalue weighted by molar-refractivity contribution is 0.318. The molecule has 0 aromatic carbocycles. The van der Waals surface area contributed by atoms with E-state index in [9.17, 15) is 0 Å². The molecule has 0 aromatic heterocycles. The zero-order chi connectivity index (χ0) is 5.41. The number of nitrogens with zero attached hydrogens (tertiary/aromatic N) is 1. The molecule has 0 saturated heterocycles. The van der Waals surface area contributed by atoms with Gasteiger partial charge in [0.15, 0.2) is 0 Å². The van der Waals surface area contributed by atoms with Crippen molar-refractivity contribution in [2.75, 3.05) is 6.61 Å². The van der Waals surface area contributed by atoms with E-state index in [1.54, 1.807) is 13.0 Å². The smallest absolute Gasteiger partial charge is 0.0587 e. The van der Waals surface area contributed by atoms with E-state index in [-0.39, 0.29) is 19.0 Å². The predicted molar refractivity (Wildman–Crippen MR) is 31.3 cm³/mol. The van der Waals surface area contributed by atoms with Crippen molar-refractivity contribution in [1.82, 2.24) is 0 Å². The Labute approximate surface area is 50.2 Å². The Kier molecular flexibility index (Phi) is 96.6. The first-order chi connectivity index (χ1) is 2.83. The lowest BCUT2D eigenvalue weighted by Gasteiger charge is -1.52. The molecule has 0 aliphatic heterocycles. The molecule has 0 aliphatic carbocycles. The fourth-order valence-corrected chi connectivity index (χ4v) is 0. The number of hydrogen-bond donors (Lipinski definition) is 1. The molecule has 3 heteroatoms. The van der Waals surface area contributed by atoms with Gasteiger partial charge in [0, 0.05) is 13.5 Å². The van der Waals surface area contributed by atoms with E-state index in [2.05, 4.69) is 0 Å². The van der Waals surface area contributed by atoms with E-state index < -0.39 is 0 Å². The minimum atomic E-state index is 0. The van der Waals surface area contributed by atoms with Crippen molar-refractivity contribution in [3.8, 4) is 6.07 Å². The molecule has 0 heterocycles. The Morgan fingerprint density at radius 3 is 1.71 bits per heavy atom. The summed E-state index contributed by atoms with van der Waals surface area (Å²) in [5.41, 5.74) is 0. The van der Waals surface area contributed by atoms with Crippen molar-refractivity contribution in [3.05, 3.63) is 0 Å². The highest BCUT2D eigenvalue weighted by atomic mass is 35.5.